The zero-order chi connectivity index (χ0) is 22.1. The molecule has 6 heteroatoms. The summed E-state index contributed by atoms with van der Waals surface area (Å²) in [5, 5.41) is 3.17. The lowest BCUT2D eigenvalue weighted by atomic mass is 9.92. The van der Waals surface area contributed by atoms with Crippen molar-refractivity contribution in [2.24, 2.45) is 5.92 Å². The van der Waals surface area contributed by atoms with E-state index >= 15 is 0 Å². The van der Waals surface area contributed by atoms with Crippen LogP contribution in [-0.4, -0.2) is 39.8 Å². The van der Waals surface area contributed by atoms with E-state index in [0.717, 1.165) is 63.4 Å². The lowest BCUT2D eigenvalue weighted by Crippen LogP contribution is -2.55. The quantitative estimate of drug-likeness (QED) is 0.617. The fourth-order valence-electron chi connectivity index (χ4n) is 4.81. The highest BCUT2D eigenvalue weighted by Crippen LogP contribution is 2.27. The van der Waals surface area contributed by atoms with Crippen molar-refractivity contribution in [2.45, 2.75) is 89.6 Å². The zero-order valence-electron chi connectivity index (χ0n) is 18.7. The number of benzene rings is 1. The van der Waals surface area contributed by atoms with Crippen molar-refractivity contribution in [3.63, 3.8) is 0 Å². The van der Waals surface area contributed by atoms with Gasteiger partial charge < -0.3 is 5.32 Å². The minimum atomic E-state index is -0.393. The number of carbonyl (C=O) groups excluding carboxylic acids is 3. The maximum Gasteiger partial charge on any atom is 0.324 e. The first-order valence-corrected chi connectivity index (χ1v) is 12.8. The molecule has 0 aliphatic heterocycles. The second-order valence-electron chi connectivity index (χ2n) is 8.97. The van der Waals surface area contributed by atoms with Gasteiger partial charge in [0.1, 0.15) is 0 Å². The Hall–Kier alpha value is -1.82. The van der Waals surface area contributed by atoms with E-state index in [1.807, 2.05) is 30.3 Å². The SMILES string of the molecule is CC(=O)SCC(Cc1ccccc1)C(=O)N(C(=O)NC1CCCCC1)C1CCCCC1. The molecule has 0 radical (unpaired) electrons. The smallest absolute Gasteiger partial charge is 0.324 e. The Morgan fingerprint density at radius 1 is 0.968 bits per heavy atom. The van der Waals surface area contributed by atoms with E-state index in [4.69, 9.17) is 0 Å². The molecule has 1 unspecified atom stereocenters. The van der Waals surface area contributed by atoms with E-state index in [2.05, 4.69) is 5.32 Å². The van der Waals surface area contributed by atoms with E-state index in [9.17, 15) is 14.4 Å². The number of imide groups is 1. The van der Waals surface area contributed by atoms with Crippen molar-refractivity contribution in [3.8, 4) is 0 Å². The summed E-state index contributed by atoms with van der Waals surface area (Å²) in [6.45, 7) is 1.53. The van der Waals surface area contributed by atoms with Gasteiger partial charge in [-0.15, -0.1) is 0 Å². The molecular weight excluding hydrogens is 408 g/mol. The minimum Gasteiger partial charge on any atom is -0.335 e. The van der Waals surface area contributed by atoms with E-state index in [0.29, 0.717) is 12.2 Å². The largest absolute Gasteiger partial charge is 0.335 e. The van der Waals surface area contributed by atoms with E-state index in [1.54, 1.807) is 4.90 Å². The molecule has 0 bridgehead atoms. The molecule has 1 aromatic carbocycles. The summed E-state index contributed by atoms with van der Waals surface area (Å²) in [6.07, 6.45) is 11.0. The van der Waals surface area contributed by atoms with Crippen molar-refractivity contribution in [3.05, 3.63) is 35.9 Å². The summed E-state index contributed by atoms with van der Waals surface area (Å²) in [5.74, 6) is -0.114. The molecule has 3 amide bonds. The van der Waals surface area contributed by atoms with Crippen LogP contribution >= 0.6 is 11.8 Å². The molecule has 1 aromatic rings. The third-order valence-corrected chi connectivity index (χ3v) is 7.47. The van der Waals surface area contributed by atoms with Crippen LogP contribution in [0.4, 0.5) is 4.79 Å². The number of amides is 3. The highest BCUT2D eigenvalue weighted by Gasteiger charge is 2.36. The minimum absolute atomic E-state index is 0.00161. The molecule has 3 rings (SSSR count). The molecule has 0 heterocycles. The van der Waals surface area contributed by atoms with Crippen LogP contribution in [0.3, 0.4) is 0 Å². The van der Waals surface area contributed by atoms with Crippen molar-refractivity contribution >= 4 is 28.8 Å². The molecule has 0 spiro atoms. The highest BCUT2D eigenvalue weighted by atomic mass is 32.2. The van der Waals surface area contributed by atoms with Crippen LogP contribution in [0.25, 0.3) is 0 Å². The first kappa shape index (κ1) is 23.8. The van der Waals surface area contributed by atoms with Crippen LogP contribution in [0.15, 0.2) is 30.3 Å². The average Bonchev–Trinajstić information content (AvgIpc) is 2.78. The molecule has 0 aromatic heterocycles. The van der Waals surface area contributed by atoms with Crippen LogP contribution < -0.4 is 5.32 Å². The fraction of sp³-hybridized carbons (Fsp3) is 0.640. The number of nitrogens with zero attached hydrogens (tertiary/aromatic N) is 1. The molecule has 5 nitrogen and oxygen atoms in total. The Balaban J connectivity index is 1.79. The Kier molecular flexibility index (Phi) is 9.44. The first-order chi connectivity index (χ1) is 15.0. The normalized spacial score (nSPS) is 18.9. The maximum absolute atomic E-state index is 13.8. The Morgan fingerprint density at radius 3 is 2.19 bits per heavy atom. The summed E-state index contributed by atoms with van der Waals surface area (Å²) in [6, 6.07) is 9.79. The van der Waals surface area contributed by atoms with Crippen molar-refractivity contribution in [1.82, 2.24) is 10.2 Å². The van der Waals surface area contributed by atoms with Gasteiger partial charge in [0.2, 0.25) is 5.91 Å². The van der Waals surface area contributed by atoms with E-state index in [1.165, 1.54) is 25.1 Å². The predicted molar refractivity (Wildman–Crippen MR) is 126 cm³/mol. The standard InChI is InChI=1S/C25H36N2O3S/c1-19(28)31-18-21(17-20-11-5-2-6-12-20)24(29)27(23-15-9-4-10-16-23)25(30)26-22-13-7-3-8-14-22/h2,5-6,11-12,21-23H,3-4,7-10,13-18H2,1H3,(H,26,30). The van der Waals surface area contributed by atoms with Gasteiger partial charge in [-0.1, -0.05) is 80.6 Å². The average molecular weight is 445 g/mol. The van der Waals surface area contributed by atoms with Gasteiger partial charge in [-0.3, -0.25) is 14.5 Å². The number of thioether (sulfide) groups is 1. The van der Waals surface area contributed by atoms with Crippen LogP contribution in [0.5, 0.6) is 0 Å². The second kappa shape index (κ2) is 12.3. The Morgan fingerprint density at radius 2 is 1.58 bits per heavy atom. The van der Waals surface area contributed by atoms with Gasteiger partial charge in [-0.05, 0) is 37.7 Å². The van der Waals surface area contributed by atoms with E-state index in [-0.39, 0.29) is 29.1 Å². The number of carbonyl (C=O) groups is 3. The Labute approximate surface area is 190 Å². The molecule has 2 saturated carbocycles. The fourth-order valence-corrected chi connectivity index (χ4v) is 5.50. The molecule has 2 aliphatic rings. The van der Waals surface area contributed by atoms with Crippen LogP contribution in [-0.2, 0) is 16.0 Å². The van der Waals surface area contributed by atoms with Gasteiger partial charge in [0, 0.05) is 24.8 Å². The van der Waals surface area contributed by atoms with E-state index < -0.39 is 5.92 Å². The van der Waals surface area contributed by atoms with Crippen LogP contribution in [0, 0.1) is 5.92 Å². The predicted octanol–water partition coefficient (Wildman–Crippen LogP) is 5.33. The zero-order valence-corrected chi connectivity index (χ0v) is 19.5. The summed E-state index contributed by atoms with van der Waals surface area (Å²) in [5.41, 5.74) is 1.06. The second-order valence-corrected chi connectivity index (χ2v) is 10.2. The number of rotatable bonds is 7. The third-order valence-electron chi connectivity index (χ3n) is 6.49. The van der Waals surface area contributed by atoms with Crippen molar-refractivity contribution < 1.29 is 14.4 Å². The molecule has 2 fully saturated rings. The molecule has 31 heavy (non-hydrogen) atoms. The molecule has 2 aliphatic carbocycles. The van der Waals surface area contributed by atoms with Gasteiger partial charge in [0.25, 0.3) is 0 Å². The monoisotopic (exact) mass is 444 g/mol. The van der Waals surface area contributed by atoms with Gasteiger partial charge in [-0.25, -0.2) is 4.79 Å². The summed E-state index contributed by atoms with van der Waals surface area (Å²) in [7, 11) is 0. The van der Waals surface area contributed by atoms with Crippen LogP contribution in [0.1, 0.15) is 76.7 Å². The summed E-state index contributed by atoms with van der Waals surface area (Å²) < 4.78 is 0. The Bertz CT molecular complexity index is 728. The number of hydrogen-bond donors (Lipinski definition) is 1. The molecule has 1 atom stereocenters. The number of hydrogen-bond acceptors (Lipinski definition) is 4. The maximum atomic E-state index is 13.8. The van der Waals surface area contributed by atoms with Crippen LogP contribution in [0.2, 0.25) is 0 Å². The van der Waals surface area contributed by atoms with Crippen molar-refractivity contribution in [2.75, 3.05) is 5.75 Å². The molecular formula is C25H36N2O3S. The highest BCUT2D eigenvalue weighted by molar-refractivity contribution is 8.13. The summed E-state index contributed by atoms with van der Waals surface area (Å²) in [4.78, 5) is 40.3. The van der Waals surface area contributed by atoms with Crippen molar-refractivity contribution in [1.29, 1.82) is 0 Å². The molecule has 1 N–H and O–H groups in total. The van der Waals surface area contributed by atoms with Gasteiger partial charge in [0.15, 0.2) is 5.12 Å². The topological polar surface area (TPSA) is 66.5 Å². The van der Waals surface area contributed by atoms with Gasteiger partial charge >= 0.3 is 6.03 Å². The first-order valence-electron chi connectivity index (χ1n) is 11.9. The third kappa shape index (κ3) is 7.37. The lowest BCUT2D eigenvalue weighted by molar-refractivity contribution is -0.134. The van der Waals surface area contributed by atoms with Gasteiger partial charge in [-0.2, -0.15) is 0 Å². The molecule has 0 saturated heterocycles. The lowest BCUT2D eigenvalue weighted by Gasteiger charge is -2.36. The van der Waals surface area contributed by atoms with Gasteiger partial charge in [0.05, 0.1) is 5.92 Å². The molecule has 170 valence electrons. The number of nitrogens with one attached hydrogen (secondary N) is 1. The number of urea groups is 1. The summed E-state index contributed by atoms with van der Waals surface area (Å²) >= 11 is 1.18.